The molecule has 0 aliphatic rings. The van der Waals surface area contributed by atoms with Crippen molar-refractivity contribution in [2.24, 2.45) is 0 Å². The Kier molecular flexibility index (Phi) is 3.59. The monoisotopic (exact) mass is 185 g/mol. The van der Waals surface area contributed by atoms with Crippen molar-refractivity contribution in [3.05, 3.63) is 11.6 Å². The highest BCUT2D eigenvalue weighted by atomic mass is 32.1. The summed E-state index contributed by atoms with van der Waals surface area (Å²) in [4.78, 5) is 4.22. The van der Waals surface area contributed by atoms with E-state index in [1.165, 1.54) is 0 Å². The molecule has 0 aliphatic heterocycles. The van der Waals surface area contributed by atoms with E-state index in [9.17, 15) is 0 Å². The first-order chi connectivity index (χ1) is 5.74. The van der Waals surface area contributed by atoms with Gasteiger partial charge in [-0.25, -0.2) is 4.98 Å². The van der Waals surface area contributed by atoms with Crippen LogP contribution in [0.25, 0.3) is 0 Å². The maximum atomic E-state index is 4.26. The topological polar surface area (TPSA) is 30.7 Å². The van der Waals surface area contributed by atoms with Crippen molar-refractivity contribution in [1.29, 1.82) is 0 Å². The summed E-state index contributed by atoms with van der Waals surface area (Å²) in [7, 11) is 0. The molecular formula is C8H15N3S. The first kappa shape index (κ1) is 9.58. The van der Waals surface area contributed by atoms with E-state index in [1.54, 1.807) is 0 Å². The zero-order valence-corrected chi connectivity index (χ0v) is 8.51. The Morgan fingerprint density at radius 1 is 1.33 bits per heavy atom. The van der Waals surface area contributed by atoms with Gasteiger partial charge in [-0.3, -0.25) is 4.68 Å². The highest BCUT2D eigenvalue weighted by Gasteiger charge is 2.00. The Morgan fingerprint density at radius 3 is 2.58 bits per heavy atom. The minimum atomic E-state index is 0.860. The van der Waals surface area contributed by atoms with Gasteiger partial charge in [-0.05, 0) is 32.4 Å². The van der Waals surface area contributed by atoms with Gasteiger partial charge in [-0.1, -0.05) is 0 Å². The first-order valence-corrected chi connectivity index (χ1v) is 4.86. The van der Waals surface area contributed by atoms with E-state index in [-0.39, 0.29) is 0 Å². The normalized spacial score (nSPS) is 10.6. The van der Waals surface area contributed by atoms with Crippen molar-refractivity contribution < 1.29 is 0 Å². The van der Waals surface area contributed by atoms with Crippen LogP contribution >= 0.6 is 12.6 Å². The van der Waals surface area contributed by atoms with Crippen molar-refractivity contribution in [2.75, 3.05) is 5.75 Å². The molecule has 3 nitrogen and oxygen atoms in total. The van der Waals surface area contributed by atoms with Crippen LogP contribution in [0.2, 0.25) is 0 Å². The lowest BCUT2D eigenvalue weighted by atomic mass is 10.3. The van der Waals surface area contributed by atoms with Gasteiger partial charge in [-0.2, -0.15) is 17.7 Å². The van der Waals surface area contributed by atoms with Crippen molar-refractivity contribution in [3.63, 3.8) is 0 Å². The fourth-order valence-corrected chi connectivity index (χ4v) is 1.37. The van der Waals surface area contributed by atoms with Gasteiger partial charge in [0.1, 0.15) is 11.6 Å². The lowest BCUT2D eigenvalue weighted by Crippen LogP contribution is -2.02. The van der Waals surface area contributed by atoms with E-state index in [4.69, 9.17) is 0 Å². The molecule has 0 fully saturated rings. The third-order valence-corrected chi connectivity index (χ3v) is 2.06. The summed E-state index contributed by atoms with van der Waals surface area (Å²) in [6.07, 6.45) is 2.27. The van der Waals surface area contributed by atoms with Crippen molar-refractivity contribution in [1.82, 2.24) is 14.8 Å². The molecular weight excluding hydrogens is 170 g/mol. The lowest BCUT2D eigenvalue weighted by Gasteiger charge is -2.00. The molecule has 0 saturated carbocycles. The van der Waals surface area contributed by atoms with Crippen LogP contribution in [-0.2, 0) is 6.54 Å². The van der Waals surface area contributed by atoms with Gasteiger partial charge in [0.25, 0.3) is 0 Å². The average molecular weight is 185 g/mol. The Hall–Kier alpha value is -0.510. The lowest BCUT2D eigenvalue weighted by molar-refractivity contribution is 0.556. The second-order valence-corrected chi connectivity index (χ2v) is 3.31. The van der Waals surface area contributed by atoms with Gasteiger partial charge in [0.05, 0.1) is 0 Å². The van der Waals surface area contributed by atoms with Crippen LogP contribution in [0.3, 0.4) is 0 Å². The Labute approximate surface area is 78.6 Å². The summed E-state index contributed by atoms with van der Waals surface area (Å²) in [5.74, 6) is 2.82. The molecule has 0 atom stereocenters. The molecule has 4 heteroatoms. The standard InChI is InChI=1S/C8H15N3S/c1-7-9-8(2)11(10-7)5-3-4-6-12/h12H,3-6H2,1-2H3. The highest BCUT2D eigenvalue weighted by molar-refractivity contribution is 7.80. The molecule has 0 amide bonds. The Balaban J connectivity index is 2.45. The SMILES string of the molecule is Cc1nc(C)n(CCCCS)n1. The van der Waals surface area contributed by atoms with E-state index in [1.807, 2.05) is 18.5 Å². The molecule has 0 bridgehead atoms. The third kappa shape index (κ3) is 2.52. The zero-order valence-electron chi connectivity index (χ0n) is 7.62. The summed E-state index contributed by atoms with van der Waals surface area (Å²) < 4.78 is 1.96. The molecule has 0 saturated heterocycles. The minimum absolute atomic E-state index is 0.860. The van der Waals surface area contributed by atoms with Crippen molar-refractivity contribution in [2.45, 2.75) is 33.2 Å². The molecule has 1 aromatic heterocycles. The van der Waals surface area contributed by atoms with E-state index >= 15 is 0 Å². The summed E-state index contributed by atoms with van der Waals surface area (Å²) in [6, 6.07) is 0. The number of hydrogen-bond acceptors (Lipinski definition) is 3. The number of rotatable bonds is 4. The summed E-state index contributed by atoms with van der Waals surface area (Å²) in [5, 5.41) is 4.26. The largest absolute Gasteiger partial charge is 0.250 e. The maximum absolute atomic E-state index is 4.26. The maximum Gasteiger partial charge on any atom is 0.147 e. The Morgan fingerprint density at radius 2 is 2.08 bits per heavy atom. The van der Waals surface area contributed by atoms with Gasteiger partial charge in [0.15, 0.2) is 0 Å². The summed E-state index contributed by atoms with van der Waals surface area (Å²) >= 11 is 4.15. The van der Waals surface area contributed by atoms with Gasteiger partial charge in [0.2, 0.25) is 0 Å². The van der Waals surface area contributed by atoms with Crippen LogP contribution in [0.1, 0.15) is 24.5 Å². The van der Waals surface area contributed by atoms with Crippen molar-refractivity contribution in [3.8, 4) is 0 Å². The third-order valence-electron chi connectivity index (χ3n) is 1.74. The smallest absolute Gasteiger partial charge is 0.147 e. The molecule has 0 aliphatic carbocycles. The molecule has 0 aromatic carbocycles. The number of hydrogen-bond donors (Lipinski definition) is 1. The number of nitrogens with zero attached hydrogens (tertiary/aromatic N) is 3. The average Bonchev–Trinajstić information content (AvgIpc) is 2.31. The highest BCUT2D eigenvalue weighted by Crippen LogP contribution is 2.00. The van der Waals surface area contributed by atoms with Crippen LogP contribution in [0, 0.1) is 13.8 Å². The number of unbranched alkanes of at least 4 members (excludes halogenated alkanes) is 1. The van der Waals surface area contributed by atoms with E-state index in [0.717, 1.165) is 36.8 Å². The molecule has 1 aromatic rings. The molecule has 12 heavy (non-hydrogen) atoms. The fraction of sp³-hybridized carbons (Fsp3) is 0.750. The van der Waals surface area contributed by atoms with E-state index in [0.29, 0.717) is 0 Å². The predicted molar refractivity (Wildman–Crippen MR) is 52.6 cm³/mol. The van der Waals surface area contributed by atoms with Gasteiger partial charge in [0, 0.05) is 6.54 Å². The van der Waals surface area contributed by atoms with Crippen LogP contribution in [0.5, 0.6) is 0 Å². The van der Waals surface area contributed by atoms with Crippen LogP contribution in [-0.4, -0.2) is 20.5 Å². The second-order valence-electron chi connectivity index (χ2n) is 2.86. The van der Waals surface area contributed by atoms with Crippen LogP contribution in [0.4, 0.5) is 0 Å². The van der Waals surface area contributed by atoms with Crippen LogP contribution in [0.15, 0.2) is 0 Å². The Bertz CT molecular complexity index is 244. The van der Waals surface area contributed by atoms with E-state index in [2.05, 4.69) is 22.7 Å². The minimum Gasteiger partial charge on any atom is -0.250 e. The molecule has 1 rings (SSSR count). The molecule has 1 heterocycles. The quantitative estimate of drug-likeness (QED) is 0.570. The van der Waals surface area contributed by atoms with Crippen LogP contribution < -0.4 is 0 Å². The second kappa shape index (κ2) is 4.50. The predicted octanol–water partition coefficient (Wildman–Crippen LogP) is 1.60. The zero-order chi connectivity index (χ0) is 8.97. The molecule has 0 N–H and O–H groups in total. The molecule has 0 spiro atoms. The van der Waals surface area contributed by atoms with Gasteiger partial charge in [-0.15, -0.1) is 0 Å². The first-order valence-electron chi connectivity index (χ1n) is 4.23. The molecule has 68 valence electrons. The molecule has 0 radical (unpaired) electrons. The number of thiol groups is 1. The van der Waals surface area contributed by atoms with Gasteiger partial charge >= 0.3 is 0 Å². The van der Waals surface area contributed by atoms with E-state index < -0.39 is 0 Å². The summed E-state index contributed by atoms with van der Waals surface area (Å²) in [6.45, 7) is 4.87. The summed E-state index contributed by atoms with van der Waals surface area (Å²) in [5.41, 5.74) is 0. The molecule has 0 unspecified atom stereocenters. The van der Waals surface area contributed by atoms with Crippen molar-refractivity contribution >= 4 is 12.6 Å². The fourth-order valence-electron chi connectivity index (χ4n) is 1.15. The number of aryl methyl sites for hydroxylation is 3. The van der Waals surface area contributed by atoms with Gasteiger partial charge < -0.3 is 0 Å². The number of aromatic nitrogens is 3.